The Hall–Kier alpha value is -1.51. The number of piperazine rings is 1. The van der Waals surface area contributed by atoms with E-state index in [4.69, 9.17) is 0 Å². The highest BCUT2D eigenvalue weighted by Crippen LogP contribution is 2.25. The van der Waals surface area contributed by atoms with Crippen molar-refractivity contribution in [3.05, 3.63) is 35.6 Å². The van der Waals surface area contributed by atoms with E-state index in [1.807, 2.05) is 4.90 Å². The number of hydrogen-bond donors (Lipinski definition) is 0. The van der Waals surface area contributed by atoms with Crippen LogP contribution >= 0.6 is 0 Å². The summed E-state index contributed by atoms with van der Waals surface area (Å²) in [5.41, 5.74) is 0.965. The van der Waals surface area contributed by atoms with Crippen LogP contribution in [-0.4, -0.2) is 85.3 Å². The van der Waals surface area contributed by atoms with Crippen molar-refractivity contribution >= 4 is 15.7 Å². The second kappa shape index (κ2) is 9.96. The van der Waals surface area contributed by atoms with Crippen molar-refractivity contribution in [3.63, 3.8) is 0 Å². The maximum Gasteiger partial charge on any atom is 0.237 e. The van der Waals surface area contributed by atoms with E-state index in [0.29, 0.717) is 18.8 Å². The van der Waals surface area contributed by atoms with Crippen LogP contribution in [0.15, 0.2) is 24.3 Å². The van der Waals surface area contributed by atoms with Gasteiger partial charge < -0.3 is 4.90 Å². The van der Waals surface area contributed by atoms with Crippen LogP contribution in [0.5, 0.6) is 0 Å². The van der Waals surface area contributed by atoms with Crippen molar-refractivity contribution in [3.8, 4) is 0 Å². The predicted octanol–water partition coefficient (Wildman–Crippen LogP) is 2.29. The molecule has 2 heterocycles. The summed E-state index contributed by atoms with van der Waals surface area (Å²) in [4.78, 5) is 19.8. The van der Waals surface area contributed by atoms with Gasteiger partial charge in [-0.25, -0.2) is 12.8 Å². The summed E-state index contributed by atoms with van der Waals surface area (Å²) in [6.45, 7) is 4.14. The molecule has 8 heteroatoms. The smallest absolute Gasteiger partial charge is 0.237 e. The average molecular weight is 452 g/mol. The SMILES string of the molecule is O=C(CN1CCN(C2CCS(=O)(=O)C2)CC1)N(Cc1ccc(F)cc1)C1CCCCC1. The standard InChI is InChI=1S/C23H34FN3O3S/c24-20-8-6-19(7-9-20)16-27(21-4-2-1-3-5-21)23(28)17-25-11-13-26(14-12-25)22-10-15-31(29,30)18-22/h6-9,21-22H,1-5,10-18H2. The monoisotopic (exact) mass is 451 g/mol. The number of benzene rings is 1. The van der Waals surface area contributed by atoms with E-state index in [0.717, 1.165) is 63.8 Å². The van der Waals surface area contributed by atoms with Crippen molar-refractivity contribution in [2.24, 2.45) is 0 Å². The van der Waals surface area contributed by atoms with E-state index in [9.17, 15) is 17.6 Å². The lowest BCUT2D eigenvalue weighted by molar-refractivity contribution is -0.136. The van der Waals surface area contributed by atoms with E-state index in [2.05, 4.69) is 9.80 Å². The zero-order valence-electron chi connectivity index (χ0n) is 18.2. The third-order valence-corrected chi connectivity index (χ3v) is 8.84. The summed E-state index contributed by atoms with van der Waals surface area (Å²) in [7, 11) is -2.87. The van der Waals surface area contributed by atoms with E-state index < -0.39 is 9.84 Å². The molecule has 0 aromatic heterocycles. The van der Waals surface area contributed by atoms with Crippen LogP contribution in [0.4, 0.5) is 4.39 Å². The van der Waals surface area contributed by atoms with Gasteiger partial charge in [0.2, 0.25) is 5.91 Å². The summed E-state index contributed by atoms with van der Waals surface area (Å²) < 4.78 is 36.9. The Labute approximate surface area is 185 Å². The summed E-state index contributed by atoms with van der Waals surface area (Å²) in [6.07, 6.45) is 6.34. The summed E-state index contributed by atoms with van der Waals surface area (Å²) in [6, 6.07) is 6.86. The van der Waals surface area contributed by atoms with Gasteiger partial charge >= 0.3 is 0 Å². The molecule has 0 spiro atoms. The first-order valence-corrected chi connectivity index (χ1v) is 13.4. The first-order valence-electron chi connectivity index (χ1n) is 11.6. The zero-order valence-corrected chi connectivity index (χ0v) is 19.0. The Morgan fingerprint density at radius 3 is 2.29 bits per heavy atom. The minimum Gasteiger partial charge on any atom is -0.334 e. The Balaban J connectivity index is 1.34. The highest BCUT2D eigenvalue weighted by molar-refractivity contribution is 7.91. The molecule has 31 heavy (non-hydrogen) atoms. The zero-order chi connectivity index (χ0) is 21.8. The lowest BCUT2D eigenvalue weighted by Crippen LogP contribution is -2.53. The number of nitrogens with zero attached hydrogens (tertiary/aromatic N) is 3. The van der Waals surface area contributed by atoms with Crippen molar-refractivity contribution in [2.45, 2.75) is 57.2 Å². The summed E-state index contributed by atoms with van der Waals surface area (Å²) in [5.74, 6) is 0.468. The number of halogens is 1. The second-order valence-electron chi connectivity index (χ2n) is 9.31. The van der Waals surface area contributed by atoms with Crippen LogP contribution in [0, 0.1) is 5.82 Å². The van der Waals surface area contributed by atoms with Crippen LogP contribution in [0.1, 0.15) is 44.1 Å². The van der Waals surface area contributed by atoms with Crippen LogP contribution in [0.3, 0.4) is 0 Å². The molecule has 4 rings (SSSR count). The molecular weight excluding hydrogens is 417 g/mol. The van der Waals surface area contributed by atoms with Gasteiger partial charge in [-0.15, -0.1) is 0 Å². The molecule has 0 N–H and O–H groups in total. The minimum absolute atomic E-state index is 0.139. The third kappa shape index (κ3) is 6.05. The number of carbonyl (C=O) groups excluding carboxylic acids is 1. The Bertz CT molecular complexity index is 847. The molecule has 2 saturated heterocycles. The van der Waals surface area contributed by atoms with Crippen molar-refractivity contribution < 1.29 is 17.6 Å². The molecule has 1 aromatic carbocycles. The van der Waals surface area contributed by atoms with Crippen molar-refractivity contribution in [2.75, 3.05) is 44.2 Å². The van der Waals surface area contributed by atoms with Gasteiger partial charge in [-0.1, -0.05) is 31.4 Å². The molecule has 2 aliphatic heterocycles. The third-order valence-electron chi connectivity index (χ3n) is 7.09. The van der Waals surface area contributed by atoms with Gasteiger partial charge in [0.1, 0.15) is 5.82 Å². The number of amides is 1. The molecule has 1 atom stereocenters. The molecule has 3 fully saturated rings. The Kier molecular flexibility index (Phi) is 7.29. The molecule has 1 aliphatic carbocycles. The maximum absolute atomic E-state index is 13.3. The fraction of sp³-hybridized carbons (Fsp3) is 0.696. The van der Waals surface area contributed by atoms with Crippen molar-refractivity contribution in [1.82, 2.24) is 14.7 Å². The molecule has 172 valence electrons. The topological polar surface area (TPSA) is 60.9 Å². The summed E-state index contributed by atoms with van der Waals surface area (Å²) >= 11 is 0. The fourth-order valence-electron chi connectivity index (χ4n) is 5.23. The molecule has 1 amide bonds. The maximum atomic E-state index is 13.3. The van der Waals surface area contributed by atoms with Crippen molar-refractivity contribution in [1.29, 1.82) is 0 Å². The van der Waals surface area contributed by atoms with Gasteiger partial charge in [0.15, 0.2) is 9.84 Å². The Morgan fingerprint density at radius 1 is 1.00 bits per heavy atom. The fourth-order valence-corrected chi connectivity index (χ4v) is 6.99. The number of hydrogen-bond acceptors (Lipinski definition) is 5. The number of carbonyl (C=O) groups is 1. The van der Waals surface area contributed by atoms with E-state index in [-0.39, 0.29) is 29.6 Å². The first kappa shape index (κ1) is 22.7. The molecule has 0 radical (unpaired) electrons. The van der Waals surface area contributed by atoms with Crippen LogP contribution in [0.2, 0.25) is 0 Å². The van der Waals surface area contributed by atoms with Gasteiger partial charge in [0.05, 0.1) is 18.1 Å². The Morgan fingerprint density at radius 2 is 1.68 bits per heavy atom. The highest BCUT2D eigenvalue weighted by atomic mass is 32.2. The molecule has 1 unspecified atom stereocenters. The quantitative estimate of drug-likeness (QED) is 0.664. The van der Waals surface area contributed by atoms with Gasteiger partial charge in [0, 0.05) is 44.8 Å². The molecular formula is C23H34FN3O3S. The number of sulfone groups is 1. The second-order valence-corrected chi connectivity index (χ2v) is 11.5. The normalized spacial score (nSPS) is 25.5. The first-order chi connectivity index (χ1) is 14.9. The van der Waals surface area contributed by atoms with Gasteiger partial charge in [-0.3, -0.25) is 14.6 Å². The van der Waals surface area contributed by atoms with E-state index in [1.165, 1.54) is 18.6 Å². The molecule has 1 saturated carbocycles. The lowest BCUT2D eigenvalue weighted by Gasteiger charge is -2.39. The van der Waals surface area contributed by atoms with Gasteiger partial charge in [-0.2, -0.15) is 0 Å². The molecule has 3 aliphatic rings. The number of rotatable bonds is 6. The van der Waals surface area contributed by atoms with E-state index in [1.54, 1.807) is 12.1 Å². The lowest BCUT2D eigenvalue weighted by atomic mass is 9.93. The van der Waals surface area contributed by atoms with Crippen LogP contribution < -0.4 is 0 Å². The molecule has 1 aromatic rings. The van der Waals surface area contributed by atoms with E-state index >= 15 is 0 Å². The average Bonchev–Trinajstić information content (AvgIpc) is 3.14. The highest BCUT2D eigenvalue weighted by Gasteiger charge is 2.34. The molecule has 6 nitrogen and oxygen atoms in total. The molecule has 0 bridgehead atoms. The predicted molar refractivity (Wildman–Crippen MR) is 119 cm³/mol. The van der Waals surface area contributed by atoms with Crippen LogP contribution in [0.25, 0.3) is 0 Å². The minimum atomic E-state index is -2.87. The van der Waals surface area contributed by atoms with Crippen LogP contribution in [-0.2, 0) is 21.2 Å². The van der Waals surface area contributed by atoms with Gasteiger partial charge in [0.25, 0.3) is 0 Å². The summed E-state index contributed by atoms with van der Waals surface area (Å²) in [5, 5.41) is 0. The van der Waals surface area contributed by atoms with Gasteiger partial charge in [-0.05, 0) is 37.0 Å². The largest absolute Gasteiger partial charge is 0.334 e.